The van der Waals surface area contributed by atoms with Crippen LogP contribution >= 0.6 is 11.3 Å². The minimum absolute atomic E-state index is 0.122. The normalized spacial score (nSPS) is 11.0. The number of benzene rings is 2. The van der Waals surface area contributed by atoms with E-state index in [4.69, 9.17) is 0 Å². The van der Waals surface area contributed by atoms with Gasteiger partial charge in [0.05, 0.1) is 23.1 Å². The summed E-state index contributed by atoms with van der Waals surface area (Å²) in [6.07, 6.45) is 2.55. The van der Waals surface area contributed by atoms with E-state index >= 15 is 0 Å². The Bertz CT molecular complexity index is 1290. The van der Waals surface area contributed by atoms with Crippen LogP contribution in [-0.2, 0) is 13.0 Å². The summed E-state index contributed by atoms with van der Waals surface area (Å²) >= 11 is 1.25. The molecule has 0 bridgehead atoms. The molecule has 1 amide bonds. The molecular weight excluding hydrogens is 394 g/mol. The van der Waals surface area contributed by atoms with E-state index in [0.29, 0.717) is 27.2 Å². The average Bonchev–Trinajstić information content (AvgIpc) is 3.09. The van der Waals surface area contributed by atoms with E-state index in [0.717, 1.165) is 23.2 Å². The van der Waals surface area contributed by atoms with Crippen LogP contribution in [0, 0.1) is 13.8 Å². The first-order valence-corrected chi connectivity index (χ1v) is 10.7. The fraction of sp³-hybridized carbons (Fsp3) is 0.208. The number of aromatic nitrogens is 2. The number of fused-ring (bicyclic) bond motifs is 1. The number of thiophene rings is 1. The van der Waals surface area contributed by atoms with E-state index in [1.165, 1.54) is 16.9 Å². The molecule has 4 aromatic rings. The van der Waals surface area contributed by atoms with Crippen molar-refractivity contribution in [2.45, 2.75) is 33.7 Å². The fourth-order valence-electron chi connectivity index (χ4n) is 3.46. The van der Waals surface area contributed by atoms with Gasteiger partial charge in [-0.05, 0) is 48.6 Å². The average molecular weight is 418 g/mol. The SMILES string of the molecule is CCc1ccc(Cn2cnc3sc(C(=O)Nc4ccccc4C)c(C)c3c2=O)cc1. The second-order valence-corrected chi connectivity index (χ2v) is 8.35. The lowest BCUT2D eigenvalue weighted by Crippen LogP contribution is -2.21. The molecule has 0 aliphatic rings. The van der Waals surface area contributed by atoms with Gasteiger partial charge in [0, 0.05) is 5.69 Å². The number of hydrogen-bond donors (Lipinski definition) is 1. The Labute approximate surface area is 179 Å². The van der Waals surface area contributed by atoms with Gasteiger partial charge in [-0.1, -0.05) is 49.4 Å². The Balaban J connectivity index is 1.67. The Morgan fingerprint density at radius 3 is 2.47 bits per heavy atom. The van der Waals surface area contributed by atoms with Crippen molar-refractivity contribution in [1.29, 1.82) is 0 Å². The molecular formula is C24H23N3O2S. The van der Waals surface area contributed by atoms with E-state index < -0.39 is 0 Å². The largest absolute Gasteiger partial charge is 0.321 e. The standard InChI is InChI=1S/C24H23N3O2S/c1-4-17-9-11-18(12-10-17)13-27-14-25-23-20(24(27)29)16(3)21(30-23)22(28)26-19-8-6-5-7-15(19)2/h5-12,14H,4,13H2,1-3H3,(H,26,28). The number of anilines is 1. The summed E-state index contributed by atoms with van der Waals surface area (Å²) in [6.45, 7) is 6.32. The van der Waals surface area contributed by atoms with Crippen LogP contribution < -0.4 is 10.9 Å². The molecule has 4 rings (SSSR count). The van der Waals surface area contributed by atoms with Gasteiger partial charge in [-0.25, -0.2) is 4.98 Å². The molecule has 6 heteroatoms. The minimum Gasteiger partial charge on any atom is -0.321 e. The first-order chi connectivity index (χ1) is 14.5. The van der Waals surface area contributed by atoms with Crippen LogP contribution in [0.2, 0.25) is 0 Å². The molecule has 0 radical (unpaired) electrons. The molecule has 2 heterocycles. The van der Waals surface area contributed by atoms with Crippen LogP contribution in [0.25, 0.3) is 10.2 Å². The molecule has 0 spiro atoms. The highest BCUT2D eigenvalue weighted by atomic mass is 32.1. The van der Waals surface area contributed by atoms with Crippen molar-refractivity contribution in [2.24, 2.45) is 0 Å². The molecule has 1 N–H and O–H groups in total. The number of hydrogen-bond acceptors (Lipinski definition) is 4. The molecule has 0 saturated carbocycles. The third-order valence-electron chi connectivity index (χ3n) is 5.30. The van der Waals surface area contributed by atoms with Gasteiger partial charge in [-0.15, -0.1) is 11.3 Å². The van der Waals surface area contributed by atoms with Crippen molar-refractivity contribution >= 4 is 33.1 Å². The van der Waals surface area contributed by atoms with Gasteiger partial charge >= 0.3 is 0 Å². The van der Waals surface area contributed by atoms with Crippen molar-refractivity contribution in [3.8, 4) is 0 Å². The van der Waals surface area contributed by atoms with Crippen LogP contribution in [0.3, 0.4) is 0 Å². The maximum absolute atomic E-state index is 13.1. The monoisotopic (exact) mass is 417 g/mol. The third kappa shape index (κ3) is 3.78. The van der Waals surface area contributed by atoms with Crippen LogP contribution in [0.1, 0.15) is 38.8 Å². The van der Waals surface area contributed by atoms with Crippen molar-refractivity contribution in [1.82, 2.24) is 9.55 Å². The zero-order chi connectivity index (χ0) is 21.3. The molecule has 5 nitrogen and oxygen atoms in total. The number of carbonyl (C=O) groups is 1. The quantitative estimate of drug-likeness (QED) is 0.500. The van der Waals surface area contributed by atoms with Crippen molar-refractivity contribution in [3.63, 3.8) is 0 Å². The van der Waals surface area contributed by atoms with Gasteiger partial charge in [0.25, 0.3) is 11.5 Å². The predicted octanol–water partition coefficient (Wildman–Crippen LogP) is 4.94. The fourth-order valence-corrected chi connectivity index (χ4v) is 4.49. The first-order valence-electron chi connectivity index (χ1n) is 9.91. The van der Waals surface area contributed by atoms with Gasteiger partial charge in [-0.2, -0.15) is 0 Å². The number of nitrogens with zero attached hydrogens (tertiary/aromatic N) is 2. The zero-order valence-corrected chi connectivity index (χ0v) is 18.0. The highest BCUT2D eigenvalue weighted by Crippen LogP contribution is 2.28. The molecule has 0 saturated heterocycles. The number of aryl methyl sites for hydroxylation is 3. The molecule has 2 aromatic heterocycles. The number of amides is 1. The predicted molar refractivity (Wildman–Crippen MR) is 123 cm³/mol. The molecule has 152 valence electrons. The lowest BCUT2D eigenvalue weighted by Gasteiger charge is -2.07. The molecule has 0 fully saturated rings. The van der Waals surface area contributed by atoms with Gasteiger partial charge < -0.3 is 5.32 Å². The Morgan fingerprint density at radius 1 is 1.07 bits per heavy atom. The minimum atomic E-state index is -0.217. The first kappa shape index (κ1) is 20.0. The summed E-state index contributed by atoms with van der Waals surface area (Å²) in [4.78, 5) is 31.6. The summed E-state index contributed by atoms with van der Waals surface area (Å²) in [5.74, 6) is -0.217. The second-order valence-electron chi connectivity index (χ2n) is 7.35. The molecule has 0 aliphatic heterocycles. The maximum atomic E-state index is 13.1. The Morgan fingerprint density at radius 2 is 1.77 bits per heavy atom. The van der Waals surface area contributed by atoms with Crippen molar-refractivity contribution in [2.75, 3.05) is 5.32 Å². The summed E-state index contributed by atoms with van der Waals surface area (Å²) < 4.78 is 1.60. The van der Waals surface area contributed by atoms with E-state index in [2.05, 4.69) is 29.4 Å². The van der Waals surface area contributed by atoms with Crippen molar-refractivity contribution < 1.29 is 4.79 Å². The van der Waals surface area contributed by atoms with Gasteiger partial charge in [0.1, 0.15) is 4.83 Å². The van der Waals surface area contributed by atoms with Crippen molar-refractivity contribution in [3.05, 3.63) is 92.3 Å². The molecule has 30 heavy (non-hydrogen) atoms. The molecule has 2 aromatic carbocycles. The zero-order valence-electron chi connectivity index (χ0n) is 17.2. The summed E-state index contributed by atoms with van der Waals surface area (Å²) in [7, 11) is 0. The topological polar surface area (TPSA) is 64.0 Å². The van der Waals surface area contributed by atoms with E-state index in [-0.39, 0.29) is 11.5 Å². The van der Waals surface area contributed by atoms with E-state index in [1.807, 2.05) is 50.2 Å². The molecule has 0 atom stereocenters. The Kier molecular flexibility index (Phi) is 5.50. The highest BCUT2D eigenvalue weighted by Gasteiger charge is 2.20. The Hall–Kier alpha value is -3.25. The van der Waals surface area contributed by atoms with Gasteiger partial charge in [-0.3, -0.25) is 14.2 Å². The second kappa shape index (κ2) is 8.24. The number of rotatable bonds is 5. The molecule has 0 unspecified atom stereocenters. The number of nitrogens with one attached hydrogen (secondary N) is 1. The summed E-state index contributed by atoms with van der Waals surface area (Å²) in [6, 6.07) is 15.9. The molecule has 0 aliphatic carbocycles. The van der Waals surface area contributed by atoms with Crippen LogP contribution in [-0.4, -0.2) is 15.5 Å². The van der Waals surface area contributed by atoms with Gasteiger partial charge in [0.15, 0.2) is 0 Å². The van der Waals surface area contributed by atoms with Crippen LogP contribution in [0.4, 0.5) is 5.69 Å². The number of para-hydroxylation sites is 1. The lowest BCUT2D eigenvalue weighted by molar-refractivity contribution is 0.103. The lowest BCUT2D eigenvalue weighted by atomic mass is 10.1. The third-order valence-corrected chi connectivity index (χ3v) is 6.50. The number of carbonyl (C=O) groups excluding carboxylic acids is 1. The van der Waals surface area contributed by atoms with Crippen LogP contribution in [0.5, 0.6) is 0 Å². The van der Waals surface area contributed by atoms with Crippen LogP contribution in [0.15, 0.2) is 59.7 Å². The smallest absolute Gasteiger partial charge is 0.266 e. The van der Waals surface area contributed by atoms with E-state index in [9.17, 15) is 9.59 Å². The summed E-state index contributed by atoms with van der Waals surface area (Å²) in [5, 5.41) is 3.46. The van der Waals surface area contributed by atoms with Gasteiger partial charge in [0.2, 0.25) is 0 Å². The summed E-state index contributed by atoms with van der Waals surface area (Å²) in [5.41, 5.74) is 4.61. The maximum Gasteiger partial charge on any atom is 0.266 e. The highest BCUT2D eigenvalue weighted by molar-refractivity contribution is 7.20. The van der Waals surface area contributed by atoms with E-state index in [1.54, 1.807) is 10.9 Å².